The normalized spacial score (nSPS) is 16.3. The molecule has 0 radical (unpaired) electrons. The maximum atomic E-state index is 13.7. The molecule has 0 unspecified atom stereocenters. The average molecular weight is 331 g/mol. The Morgan fingerprint density at radius 1 is 1.42 bits per heavy atom. The monoisotopic (exact) mass is 330 g/mol. The Labute approximate surface area is 120 Å². The van der Waals surface area contributed by atoms with Gasteiger partial charge in [-0.15, -0.1) is 0 Å². The van der Waals surface area contributed by atoms with Gasteiger partial charge >= 0.3 is 0 Å². The van der Waals surface area contributed by atoms with E-state index in [1.165, 1.54) is 6.07 Å². The number of benzene rings is 1. The third-order valence-corrected chi connectivity index (χ3v) is 3.63. The van der Waals surface area contributed by atoms with Crippen LogP contribution in [0.5, 0.6) is 0 Å². The molecular formula is C13H16BrFN2O2. The molecule has 6 heteroatoms. The Morgan fingerprint density at radius 3 is 2.89 bits per heavy atom. The van der Waals surface area contributed by atoms with E-state index in [2.05, 4.69) is 26.1 Å². The predicted octanol–water partition coefficient (Wildman–Crippen LogP) is 1.65. The first-order chi connectivity index (χ1) is 9.18. The number of amides is 1. The van der Waals surface area contributed by atoms with Crippen LogP contribution in [0.4, 0.5) is 4.39 Å². The van der Waals surface area contributed by atoms with Crippen molar-refractivity contribution in [1.29, 1.82) is 0 Å². The van der Waals surface area contributed by atoms with Crippen molar-refractivity contribution in [1.82, 2.24) is 10.2 Å². The quantitative estimate of drug-likeness (QED) is 0.912. The lowest BCUT2D eigenvalue weighted by Gasteiger charge is -2.26. The fourth-order valence-electron chi connectivity index (χ4n) is 1.93. The fourth-order valence-corrected chi connectivity index (χ4v) is 2.29. The molecule has 1 aliphatic heterocycles. The zero-order valence-electron chi connectivity index (χ0n) is 10.5. The summed E-state index contributed by atoms with van der Waals surface area (Å²) in [6, 6.07) is 4.69. The van der Waals surface area contributed by atoms with E-state index in [0.29, 0.717) is 11.0 Å². The van der Waals surface area contributed by atoms with Crippen LogP contribution in [0, 0.1) is 5.82 Å². The highest BCUT2D eigenvalue weighted by Gasteiger charge is 2.14. The molecule has 4 nitrogen and oxygen atoms in total. The number of nitrogens with one attached hydrogen (secondary N) is 1. The van der Waals surface area contributed by atoms with E-state index >= 15 is 0 Å². The molecule has 0 aliphatic carbocycles. The summed E-state index contributed by atoms with van der Waals surface area (Å²) in [5.74, 6) is -0.904. The second-order valence-corrected chi connectivity index (χ2v) is 5.17. The van der Waals surface area contributed by atoms with Crippen LogP contribution in [0.25, 0.3) is 0 Å². The van der Waals surface area contributed by atoms with Gasteiger partial charge in [0.25, 0.3) is 5.91 Å². The Morgan fingerprint density at radius 2 is 2.16 bits per heavy atom. The maximum Gasteiger partial charge on any atom is 0.254 e. The molecule has 19 heavy (non-hydrogen) atoms. The van der Waals surface area contributed by atoms with Crippen molar-refractivity contribution >= 4 is 21.8 Å². The number of nitrogens with zero attached hydrogens (tertiary/aromatic N) is 1. The van der Waals surface area contributed by atoms with Gasteiger partial charge in [0, 0.05) is 26.2 Å². The van der Waals surface area contributed by atoms with Crippen molar-refractivity contribution in [3.05, 3.63) is 34.1 Å². The highest BCUT2D eigenvalue weighted by Crippen LogP contribution is 2.18. The van der Waals surface area contributed by atoms with Gasteiger partial charge in [0.15, 0.2) is 0 Å². The Hall–Kier alpha value is -0.980. The minimum Gasteiger partial charge on any atom is -0.379 e. The van der Waals surface area contributed by atoms with Gasteiger partial charge in [-0.05, 0) is 28.1 Å². The second kappa shape index (κ2) is 6.98. The lowest BCUT2D eigenvalue weighted by Crippen LogP contribution is -2.41. The smallest absolute Gasteiger partial charge is 0.254 e. The van der Waals surface area contributed by atoms with Crippen molar-refractivity contribution in [2.45, 2.75) is 0 Å². The summed E-state index contributed by atoms with van der Waals surface area (Å²) < 4.78 is 19.2. The molecular weight excluding hydrogens is 315 g/mol. The topological polar surface area (TPSA) is 41.6 Å². The number of carbonyl (C=O) groups is 1. The van der Waals surface area contributed by atoms with Gasteiger partial charge < -0.3 is 10.1 Å². The Bertz CT molecular complexity index is 450. The Balaban J connectivity index is 1.82. The van der Waals surface area contributed by atoms with Crippen LogP contribution in [-0.4, -0.2) is 50.2 Å². The van der Waals surface area contributed by atoms with Crippen LogP contribution in [0.15, 0.2) is 22.7 Å². The molecule has 1 N–H and O–H groups in total. The van der Waals surface area contributed by atoms with Crippen molar-refractivity contribution in [2.24, 2.45) is 0 Å². The number of hydrogen-bond acceptors (Lipinski definition) is 3. The predicted molar refractivity (Wildman–Crippen MR) is 73.7 cm³/mol. The lowest BCUT2D eigenvalue weighted by atomic mass is 10.2. The van der Waals surface area contributed by atoms with E-state index in [0.717, 1.165) is 32.8 Å². The highest BCUT2D eigenvalue weighted by molar-refractivity contribution is 9.10. The number of carbonyl (C=O) groups excluding carboxylic acids is 1. The molecule has 0 saturated carbocycles. The van der Waals surface area contributed by atoms with E-state index in [9.17, 15) is 9.18 Å². The van der Waals surface area contributed by atoms with Gasteiger partial charge in [-0.25, -0.2) is 4.39 Å². The van der Waals surface area contributed by atoms with Gasteiger partial charge in [0.1, 0.15) is 5.82 Å². The van der Waals surface area contributed by atoms with Gasteiger partial charge in [-0.1, -0.05) is 6.07 Å². The van der Waals surface area contributed by atoms with Crippen LogP contribution in [0.2, 0.25) is 0 Å². The standard InChI is InChI=1S/C13H16BrFN2O2/c14-11-3-1-2-10(12(11)15)13(18)16-4-5-17-6-8-19-9-7-17/h1-3H,4-9H2,(H,16,18). The summed E-state index contributed by atoms with van der Waals surface area (Å²) in [5.41, 5.74) is 0.0661. The summed E-state index contributed by atoms with van der Waals surface area (Å²) in [4.78, 5) is 14.1. The summed E-state index contributed by atoms with van der Waals surface area (Å²) in [6.45, 7) is 4.47. The van der Waals surface area contributed by atoms with Crippen molar-refractivity contribution in [3.63, 3.8) is 0 Å². The zero-order valence-corrected chi connectivity index (χ0v) is 12.1. The molecule has 0 spiro atoms. The maximum absolute atomic E-state index is 13.7. The van der Waals surface area contributed by atoms with E-state index in [-0.39, 0.29) is 11.5 Å². The van der Waals surface area contributed by atoms with E-state index in [4.69, 9.17) is 4.74 Å². The second-order valence-electron chi connectivity index (χ2n) is 4.31. The van der Waals surface area contributed by atoms with Crippen LogP contribution in [-0.2, 0) is 4.74 Å². The highest BCUT2D eigenvalue weighted by atomic mass is 79.9. The lowest BCUT2D eigenvalue weighted by molar-refractivity contribution is 0.0383. The number of halogens is 2. The zero-order chi connectivity index (χ0) is 13.7. The van der Waals surface area contributed by atoms with Crippen molar-refractivity contribution < 1.29 is 13.9 Å². The van der Waals surface area contributed by atoms with Crippen LogP contribution in [0.1, 0.15) is 10.4 Å². The molecule has 0 atom stereocenters. The molecule has 2 rings (SSSR count). The first-order valence-electron chi connectivity index (χ1n) is 6.21. The molecule has 1 aliphatic rings. The molecule has 0 aromatic heterocycles. The summed E-state index contributed by atoms with van der Waals surface area (Å²) in [6.07, 6.45) is 0. The van der Waals surface area contributed by atoms with Crippen molar-refractivity contribution in [2.75, 3.05) is 39.4 Å². The molecule has 1 amide bonds. The average Bonchev–Trinajstić information content (AvgIpc) is 2.43. The van der Waals surface area contributed by atoms with Crippen molar-refractivity contribution in [3.8, 4) is 0 Å². The third kappa shape index (κ3) is 3.99. The van der Waals surface area contributed by atoms with Gasteiger partial charge in [0.2, 0.25) is 0 Å². The van der Waals surface area contributed by atoms with E-state index in [1.54, 1.807) is 12.1 Å². The summed E-state index contributed by atoms with van der Waals surface area (Å²) in [5, 5.41) is 2.73. The first-order valence-corrected chi connectivity index (χ1v) is 7.00. The van der Waals surface area contributed by atoms with E-state index < -0.39 is 5.82 Å². The fraction of sp³-hybridized carbons (Fsp3) is 0.462. The minimum atomic E-state index is -0.522. The largest absolute Gasteiger partial charge is 0.379 e. The molecule has 1 saturated heterocycles. The van der Waals surface area contributed by atoms with Gasteiger partial charge in [-0.3, -0.25) is 9.69 Å². The molecule has 1 aromatic rings. The third-order valence-electron chi connectivity index (χ3n) is 3.01. The molecule has 0 bridgehead atoms. The SMILES string of the molecule is O=C(NCCN1CCOCC1)c1cccc(Br)c1F. The number of ether oxygens (including phenoxy) is 1. The molecule has 104 valence electrons. The van der Waals surface area contributed by atoms with Crippen LogP contribution < -0.4 is 5.32 Å². The molecule has 1 aromatic carbocycles. The minimum absolute atomic E-state index is 0.0661. The summed E-state index contributed by atoms with van der Waals surface area (Å²) >= 11 is 3.07. The van der Waals surface area contributed by atoms with E-state index in [1.807, 2.05) is 0 Å². The van der Waals surface area contributed by atoms with Gasteiger partial charge in [-0.2, -0.15) is 0 Å². The molecule has 1 fully saturated rings. The number of rotatable bonds is 4. The molecule has 1 heterocycles. The van der Waals surface area contributed by atoms with Gasteiger partial charge in [0.05, 0.1) is 23.2 Å². The number of morpholine rings is 1. The van der Waals surface area contributed by atoms with Crippen LogP contribution >= 0.6 is 15.9 Å². The Kier molecular flexibility index (Phi) is 5.30. The first kappa shape index (κ1) is 14.4. The summed E-state index contributed by atoms with van der Waals surface area (Å²) in [7, 11) is 0. The number of hydrogen-bond donors (Lipinski definition) is 1. The van der Waals surface area contributed by atoms with Crippen LogP contribution in [0.3, 0.4) is 0 Å².